The molecule has 0 fully saturated rings. The van der Waals surface area contributed by atoms with Gasteiger partial charge in [0.15, 0.2) is 0 Å². The summed E-state index contributed by atoms with van der Waals surface area (Å²) < 4.78 is 0. The summed E-state index contributed by atoms with van der Waals surface area (Å²) in [5.74, 6) is 1.33. The smallest absolute Gasteiger partial charge is 0.230 e. The number of halogens is 1. The molecule has 4 heteroatoms. The van der Waals surface area contributed by atoms with Crippen LogP contribution in [0.1, 0.15) is 35.2 Å². The maximum atomic E-state index is 12.1. The van der Waals surface area contributed by atoms with Crippen LogP contribution in [-0.2, 0) is 10.5 Å². The van der Waals surface area contributed by atoms with Crippen molar-refractivity contribution in [1.29, 1.82) is 0 Å². The number of nitrogens with one attached hydrogen (secondary N) is 1. The molecule has 0 unspecified atom stereocenters. The third-order valence-corrected chi connectivity index (χ3v) is 4.94. The van der Waals surface area contributed by atoms with Crippen LogP contribution in [0.25, 0.3) is 0 Å². The van der Waals surface area contributed by atoms with Gasteiger partial charge in [0.2, 0.25) is 5.91 Å². The Balaban J connectivity index is 1.81. The van der Waals surface area contributed by atoms with Crippen molar-refractivity contribution in [3.63, 3.8) is 0 Å². The number of aryl methyl sites for hydroxylation is 2. The van der Waals surface area contributed by atoms with Crippen LogP contribution in [0.2, 0.25) is 5.02 Å². The predicted octanol–water partition coefficient (Wildman–Crippen LogP) is 5.07. The molecule has 2 aromatic carbocycles. The van der Waals surface area contributed by atoms with Gasteiger partial charge in [-0.1, -0.05) is 47.5 Å². The number of benzene rings is 2. The summed E-state index contributed by atoms with van der Waals surface area (Å²) in [6.07, 6.45) is 0. The summed E-state index contributed by atoms with van der Waals surface area (Å²) in [5.41, 5.74) is 4.80. The molecule has 0 aromatic heterocycles. The number of amides is 1. The minimum absolute atomic E-state index is 0.0271. The number of carbonyl (C=O) groups is 1. The Labute approximate surface area is 147 Å². The van der Waals surface area contributed by atoms with Crippen LogP contribution in [0.3, 0.4) is 0 Å². The van der Waals surface area contributed by atoms with Gasteiger partial charge in [-0.15, -0.1) is 11.8 Å². The quantitative estimate of drug-likeness (QED) is 0.790. The molecule has 0 aliphatic rings. The van der Waals surface area contributed by atoms with E-state index in [1.54, 1.807) is 11.8 Å². The van der Waals surface area contributed by atoms with Gasteiger partial charge in [0.25, 0.3) is 0 Å². The number of rotatable bonds is 6. The van der Waals surface area contributed by atoms with E-state index in [2.05, 4.69) is 37.4 Å². The van der Waals surface area contributed by atoms with E-state index in [1.165, 1.54) is 22.3 Å². The van der Waals surface area contributed by atoms with E-state index in [-0.39, 0.29) is 11.9 Å². The topological polar surface area (TPSA) is 29.1 Å². The van der Waals surface area contributed by atoms with Crippen molar-refractivity contribution in [3.8, 4) is 0 Å². The summed E-state index contributed by atoms with van der Waals surface area (Å²) in [5, 5.41) is 3.81. The summed E-state index contributed by atoms with van der Waals surface area (Å²) in [6.45, 7) is 6.19. The van der Waals surface area contributed by atoms with Crippen LogP contribution >= 0.6 is 23.4 Å². The molecule has 0 saturated heterocycles. The first kappa shape index (κ1) is 17.9. The molecule has 0 heterocycles. The number of hydrogen-bond acceptors (Lipinski definition) is 2. The molecule has 0 aliphatic carbocycles. The third kappa shape index (κ3) is 5.60. The first-order valence-corrected chi connectivity index (χ1v) is 9.17. The Kier molecular flexibility index (Phi) is 6.55. The molecule has 0 bridgehead atoms. The van der Waals surface area contributed by atoms with Crippen molar-refractivity contribution in [2.75, 3.05) is 5.75 Å². The Hall–Kier alpha value is -1.45. The fraction of sp³-hybridized carbons (Fsp3) is 0.316. The normalized spacial score (nSPS) is 12.0. The highest BCUT2D eigenvalue weighted by molar-refractivity contribution is 7.99. The highest BCUT2D eigenvalue weighted by Gasteiger charge is 2.11. The number of thioether (sulfide) groups is 1. The lowest BCUT2D eigenvalue weighted by molar-refractivity contribution is -0.119. The molecule has 1 N–H and O–H groups in total. The Morgan fingerprint density at radius 1 is 1.17 bits per heavy atom. The van der Waals surface area contributed by atoms with Gasteiger partial charge in [0.1, 0.15) is 0 Å². The van der Waals surface area contributed by atoms with Gasteiger partial charge in [-0.05, 0) is 49.6 Å². The standard InChI is InChI=1S/C19H22ClNOS/c1-13-4-9-18(14(2)10-13)15(3)21-19(22)12-23-11-16-5-7-17(20)8-6-16/h4-10,15H,11-12H2,1-3H3,(H,21,22)/t15-/m0/s1. The second kappa shape index (κ2) is 8.42. The van der Waals surface area contributed by atoms with E-state index in [9.17, 15) is 4.79 Å². The number of hydrogen-bond donors (Lipinski definition) is 1. The molecule has 0 spiro atoms. The van der Waals surface area contributed by atoms with Crippen molar-refractivity contribution in [3.05, 3.63) is 69.7 Å². The van der Waals surface area contributed by atoms with E-state index in [4.69, 9.17) is 11.6 Å². The molecular weight excluding hydrogens is 326 g/mol. The molecule has 122 valence electrons. The second-order valence-corrected chi connectivity index (χ2v) is 7.19. The molecule has 0 aliphatic heterocycles. The molecule has 1 atom stereocenters. The van der Waals surface area contributed by atoms with Crippen LogP contribution in [0, 0.1) is 13.8 Å². The molecule has 2 rings (SSSR count). The first-order valence-electron chi connectivity index (χ1n) is 7.64. The first-order chi connectivity index (χ1) is 11.0. The van der Waals surface area contributed by atoms with Crippen molar-refractivity contribution in [2.45, 2.75) is 32.6 Å². The SMILES string of the molecule is Cc1ccc([C@H](C)NC(=O)CSCc2ccc(Cl)cc2)c(C)c1. The molecule has 23 heavy (non-hydrogen) atoms. The fourth-order valence-corrected chi connectivity index (χ4v) is 3.44. The lowest BCUT2D eigenvalue weighted by Crippen LogP contribution is -2.28. The van der Waals surface area contributed by atoms with E-state index < -0.39 is 0 Å². The lowest BCUT2D eigenvalue weighted by atomic mass is 10.0. The zero-order chi connectivity index (χ0) is 16.8. The molecule has 1 amide bonds. The molecular formula is C19H22ClNOS. The minimum atomic E-state index is 0.0271. The zero-order valence-corrected chi connectivity index (χ0v) is 15.3. The maximum Gasteiger partial charge on any atom is 0.230 e. The van der Waals surface area contributed by atoms with Crippen molar-refractivity contribution < 1.29 is 4.79 Å². The van der Waals surface area contributed by atoms with Gasteiger partial charge in [0, 0.05) is 10.8 Å². The van der Waals surface area contributed by atoms with Crippen LogP contribution in [0.4, 0.5) is 0 Å². The van der Waals surface area contributed by atoms with E-state index in [0.717, 1.165) is 10.8 Å². The van der Waals surface area contributed by atoms with E-state index in [0.29, 0.717) is 5.75 Å². The van der Waals surface area contributed by atoms with Crippen molar-refractivity contribution in [2.24, 2.45) is 0 Å². The van der Waals surface area contributed by atoms with Gasteiger partial charge in [-0.25, -0.2) is 0 Å². The highest BCUT2D eigenvalue weighted by atomic mass is 35.5. The van der Waals surface area contributed by atoms with Gasteiger partial charge < -0.3 is 5.32 Å². The average Bonchev–Trinajstić information content (AvgIpc) is 2.49. The average molecular weight is 348 g/mol. The summed E-state index contributed by atoms with van der Waals surface area (Å²) in [6, 6.07) is 14.1. The minimum Gasteiger partial charge on any atom is -0.349 e. The maximum absolute atomic E-state index is 12.1. The van der Waals surface area contributed by atoms with Gasteiger partial charge in [-0.3, -0.25) is 4.79 Å². The monoisotopic (exact) mass is 347 g/mol. The largest absolute Gasteiger partial charge is 0.349 e. The molecule has 0 saturated carbocycles. The summed E-state index contributed by atoms with van der Waals surface area (Å²) >= 11 is 7.47. The Morgan fingerprint density at radius 3 is 2.52 bits per heavy atom. The fourth-order valence-electron chi connectivity index (χ4n) is 2.51. The Bertz CT molecular complexity index is 670. The van der Waals surface area contributed by atoms with E-state index in [1.807, 2.05) is 31.2 Å². The van der Waals surface area contributed by atoms with Crippen molar-refractivity contribution in [1.82, 2.24) is 5.32 Å². The van der Waals surface area contributed by atoms with Crippen molar-refractivity contribution >= 4 is 29.3 Å². The Morgan fingerprint density at radius 2 is 1.87 bits per heavy atom. The van der Waals surface area contributed by atoms with Crippen LogP contribution in [0.15, 0.2) is 42.5 Å². The highest BCUT2D eigenvalue weighted by Crippen LogP contribution is 2.19. The number of carbonyl (C=O) groups excluding carboxylic acids is 1. The van der Waals surface area contributed by atoms with Crippen LogP contribution in [0.5, 0.6) is 0 Å². The van der Waals surface area contributed by atoms with Gasteiger partial charge in [0.05, 0.1) is 11.8 Å². The van der Waals surface area contributed by atoms with Gasteiger partial charge >= 0.3 is 0 Å². The second-order valence-electron chi connectivity index (χ2n) is 5.77. The van der Waals surface area contributed by atoms with Crippen LogP contribution in [-0.4, -0.2) is 11.7 Å². The zero-order valence-electron chi connectivity index (χ0n) is 13.7. The molecule has 0 radical (unpaired) electrons. The summed E-state index contributed by atoms with van der Waals surface area (Å²) in [4.78, 5) is 12.1. The predicted molar refractivity (Wildman–Crippen MR) is 100 cm³/mol. The summed E-state index contributed by atoms with van der Waals surface area (Å²) in [7, 11) is 0. The van der Waals surface area contributed by atoms with Gasteiger partial charge in [-0.2, -0.15) is 0 Å². The molecule has 2 nitrogen and oxygen atoms in total. The van der Waals surface area contributed by atoms with Crippen LogP contribution < -0.4 is 5.32 Å². The molecule has 2 aromatic rings. The van der Waals surface area contributed by atoms with E-state index >= 15 is 0 Å². The third-order valence-electron chi connectivity index (χ3n) is 3.68. The lowest BCUT2D eigenvalue weighted by Gasteiger charge is -2.17.